The standard InChI is InChI=1S/C30H29FN2O5/c1-3-36-30(35)27(32-28(34)22-11-13-24(31)14-12-22)19-21-9-15-25(16-10-21)37-18-17-26-20(2)38-29(33-26)23-7-5-4-6-8-23/h4-16,27H,3,17-19H2,1-2H3,(H,32,34)/t27-/m0/s1. The predicted octanol–water partition coefficient (Wildman–Crippen LogP) is 5.31. The quantitative estimate of drug-likeness (QED) is 0.272. The third-order valence-electron chi connectivity index (χ3n) is 5.87. The Morgan fingerprint density at radius 1 is 1.00 bits per heavy atom. The van der Waals surface area contributed by atoms with Crippen LogP contribution in [0.2, 0.25) is 0 Å². The number of benzene rings is 3. The molecule has 4 aromatic rings. The average Bonchev–Trinajstić information content (AvgIpc) is 3.30. The summed E-state index contributed by atoms with van der Waals surface area (Å²) in [6.45, 7) is 4.19. The van der Waals surface area contributed by atoms with Crippen LogP contribution in [0.3, 0.4) is 0 Å². The topological polar surface area (TPSA) is 90.7 Å². The van der Waals surface area contributed by atoms with Crippen molar-refractivity contribution in [2.24, 2.45) is 0 Å². The van der Waals surface area contributed by atoms with Crippen LogP contribution in [0.5, 0.6) is 5.75 Å². The van der Waals surface area contributed by atoms with Crippen LogP contribution >= 0.6 is 0 Å². The second-order valence-corrected chi connectivity index (χ2v) is 8.62. The van der Waals surface area contributed by atoms with Crippen LogP contribution in [0.1, 0.15) is 34.3 Å². The van der Waals surface area contributed by atoms with Gasteiger partial charge in [-0.1, -0.05) is 30.3 Å². The van der Waals surface area contributed by atoms with Crippen LogP contribution in [0.25, 0.3) is 11.5 Å². The summed E-state index contributed by atoms with van der Waals surface area (Å²) in [5, 5.41) is 2.69. The molecule has 0 aliphatic carbocycles. The number of amides is 1. The SMILES string of the molecule is CCOC(=O)[C@H](Cc1ccc(OCCc2nc(-c3ccccc3)oc2C)cc1)NC(=O)c1ccc(F)cc1. The zero-order chi connectivity index (χ0) is 26.9. The molecule has 0 aliphatic rings. The van der Waals surface area contributed by atoms with Crippen LogP contribution in [-0.2, 0) is 22.4 Å². The van der Waals surface area contributed by atoms with Crippen molar-refractivity contribution in [3.8, 4) is 17.2 Å². The molecule has 196 valence electrons. The lowest BCUT2D eigenvalue weighted by atomic mass is 10.0. The molecule has 4 rings (SSSR count). The second kappa shape index (κ2) is 12.7. The number of halogens is 1. The molecule has 0 spiro atoms. The highest BCUT2D eigenvalue weighted by Gasteiger charge is 2.23. The molecule has 0 bridgehead atoms. The Balaban J connectivity index is 1.33. The van der Waals surface area contributed by atoms with Gasteiger partial charge in [0.1, 0.15) is 23.4 Å². The van der Waals surface area contributed by atoms with Gasteiger partial charge < -0.3 is 19.2 Å². The Bertz CT molecular complexity index is 1350. The Labute approximate surface area is 220 Å². The lowest BCUT2D eigenvalue weighted by Gasteiger charge is -2.18. The number of hydrogen-bond acceptors (Lipinski definition) is 6. The fraction of sp³-hybridized carbons (Fsp3) is 0.233. The summed E-state index contributed by atoms with van der Waals surface area (Å²) < 4.78 is 30.0. The summed E-state index contributed by atoms with van der Waals surface area (Å²) in [7, 11) is 0. The van der Waals surface area contributed by atoms with Crippen molar-refractivity contribution in [2.45, 2.75) is 32.7 Å². The van der Waals surface area contributed by atoms with Gasteiger partial charge in [-0.3, -0.25) is 4.79 Å². The highest BCUT2D eigenvalue weighted by Crippen LogP contribution is 2.22. The van der Waals surface area contributed by atoms with E-state index >= 15 is 0 Å². The molecule has 0 aliphatic heterocycles. The van der Waals surface area contributed by atoms with Gasteiger partial charge in [-0.25, -0.2) is 14.2 Å². The Kier molecular flexibility index (Phi) is 8.87. The van der Waals surface area contributed by atoms with Crippen LogP contribution in [0.15, 0.2) is 83.3 Å². The third-order valence-corrected chi connectivity index (χ3v) is 5.87. The number of oxazole rings is 1. The van der Waals surface area contributed by atoms with Gasteiger partial charge in [0.25, 0.3) is 5.91 Å². The van der Waals surface area contributed by atoms with Gasteiger partial charge in [-0.05, 0) is 67.9 Å². The maximum Gasteiger partial charge on any atom is 0.328 e. The first-order valence-electron chi connectivity index (χ1n) is 12.4. The van der Waals surface area contributed by atoms with Crippen molar-refractivity contribution in [3.05, 3.63) is 107 Å². The number of rotatable bonds is 11. The number of aryl methyl sites for hydroxylation is 1. The number of ether oxygens (including phenoxy) is 2. The highest BCUT2D eigenvalue weighted by molar-refractivity contribution is 5.96. The van der Waals surface area contributed by atoms with Gasteiger partial charge in [0.15, 0.2) is 0 Å². The number of aromatic nitrogens is 1. The van der Waals surface area contributed by atoms with E-state index in [0.717, 1.165) is 22.6 Å². The van der Waals surface area contributed by atoms with Gasteiger partial charge in [-0.15, -0.1) is 0 Å². The fourth-order valence-electron chi connectivity index (χ4n) is 3.87. The lowest BCUT2D eigenvalue weighted by molar-refractivity contribution is -0.145. The van der Waals surface area contributed by atoms with E-state index in [-0.39, 0.29) is 18.6 Å². The van der Waals surface area contributed by atoms with Crippen molar-refractivity contribution in [1.82, 2.24) is 10.3 Å². The zero-order valence-electron chi connectivity index (χ0n) is 21.3. The molecular weight excluding hydrogens is 487 g/mol. The van der Waals surface area contributed by atoms with E-state index < -0.39 is 23.7 Å². The lowest BCUT2D eigenvalue weighted by Crippen LogP contribution is -2.43. The van der Waals surface area contributed by atoms with E-state index in [0.29, 0.717) is 24.7 Å². The van der Waals surface area contributed by atoms with Gasteiger partial charge in [0.2, 0.25) is 5.89 Å². The fourth-order valence-corrected chi connectivity index (χ4v) is 3.87. The van der Waals surface area contributed by atoms with Crippen molar-refractivity contribution < 1.29 is 27.9 Å². The summed E-state index contributed by atoms with van der Waals surface area (Å²) in [6, 6.07) is 21.2. The molecular formula is C30H29FN2O5. The molecule has 0 radical (unpaired) electrons. The van der Waals surface area contributed by atoms with Crippen molar-refractivity contribution >= 4 is 11.9 Å². The molecule has 0 fully saturated rings. The number of hydrogen-bond donors (Lipinski definition) is 1. The van der Waals surface area contributed by atoms with E-state index in [9.17, 15) is 14.0 Å². The van der Waals surface area contributed by atoms with Crippen molar-refractivity contribution in [3.63, 3.8) is 0 Å². The van der Waals surface area contributed by atoms with E-state index in [2.05, 4.69) is 10.3 Å². The zero-order valence-corrected chi connectivity index (χ0v) is 21.3. The van der Waals surface area contributed by atoms with Crippen LogP contribution < -0.4 is 10.1 Å². The van der Waals surface area contributed by atoms with E-state index in [4.69, 9.17) is 13.9 Å². The first kappa shape index (κ1) is 26.6. The summed E-state index contributed by atoms with van der Waals surface area (Å²) >= 11 is 0. The first-order chi connectivity index (χ1) is 18.4. The molecule has 1 N–H and O–H groups in total. The minimum Gasteiger partial charge on any atom is -0.493 e. The third kappa shape index (κ3) is 7.06. The predicted molar refractivity (Wildman–Crippen MR) is 140 cm³/mol. The molecule has 8 heteroatoms. The number of carbonyl (C=O) groups is 2. The molecule has 1 amide bonds. The van der Waals surface area contributed by atoms with Crippen molar-refractivity contribution in [1.29, 1.82) is 0 Å². The average molecular weight is 517 g/mol. The van der Waals surface area contributed by atoms with Gasteiger partial charge in [0.05, 0.1) is 18.9 Å². The second-order valence-electron chi connectivity index (χ2n) is 8.62. The smallest absolute Gasteiger partial charge is 0.328 e. The van der Waals surface area contributed by atoms with Crippen molar-refractivity contribution in [2.75, 3.05) is 13.2 Å². The monoisotopic (exact) mass is 516 g/mol. The van der Waals surface area contributed by atoms with Gasteiger partial charge in [0, 0.05) is 24.0 Å². The molecule has 3 aromatic carbocycles. The van der Waals surface area contributed by atoms with Gasteiger partial charge >= 0.3 is 5.97 Å². The number of nitrogens with one attached hydrogen (secondary N) is 1. The number of esters is 1. The summed E-state index contributed by atoms with van der Waals surface area (Å²) in [6.07, 6.45) is 0.816. The van der Waals surface area contributed by atoms with Crippen LogP contribution in [0.4, 0.5) is 4.39 Å². The van der Waals surface area contributed by atoms with E-state index in [1.165, 1.54) is 24.3 Å². The Morgan fingerprint density at radius 3 is 2.39 bits per heavy atom. The van der Waals surface area contributed by atoms with Gasteiger partial charge in [-0.2, -0.15) is 0 Å². The molecule has 0 unspecified atom stereocenters. The molecule has 1 aromatic heterocycles. The Morgan fingerprint density at radius 2 is 1.71 bits per heavy atom. The number of carbonyl (C=O) groups excluding carboxylic acids is 2. The maximum absolute atomic E-state index is 13.2. The summed E-state index contributed by atoms with van der Waals surface area (Å²) in [5.74, 6) is 0.545. The molecule has 38 heavy (non-hydrogen) atoms. The van der Waals surface area contributed by atoms with Crippen LogP contribution in [-0.4, -0.2) is 36.1 Å². The Hall–Kier alpha value is -4.46. The molecule has 1 atom stereocenters. The normalized spacial score (nSPS) is 11.6. The summed E-state index contributed by atoms with van der Waals surface area (Å²) in [5.41, 5.74) is 2.83. The molecule has 1 heterocycles. The first-order valence-corrected chi connectivity index (χ1v) is 12.4. The van der Waals surface area contributed by atoms with Crippen LogP contribution in [0, 0.1) is 12.7 Å². The molecule has 0 saturated carbocycles. The van der Waals surface area contributed by atoms with E-state index in [1.54, 1.807) is 6.92 Å². The molecule has 0 saturated heterocycles. The minimum absolute atomic E-state index is 0.187. The largest absolute Gasteiger partial charge is 0.493 e. The van der Waals surface area contributed by atoms with E-state index in [1.807, 2.05) is 61.5 Å². The number of nitrogens with zero attached hydrogens (tertiary/aromatic N) is 1. The highest BCUT2D eigenvalue weighted by atomic mass is 19.1. The molecule has 7 nitrogen and oxygen atoms in total. The summed E-state index contributed by atoms with van der Waals surface area (Å²) in [4.78, 5) is 29.7. The maximum atomic E-state index is 13.2. The minimum atomic E-state index is -0.895.